The van der Waals surface area contributed by atoms with E-state index in [1.165, 1.54) is 12.1 Å². The second-order valence-corrected chi connectivity index (χ2v) is 7.95. The number of hydrogen-bond acceptors (Lipinski definition) is 4. The Morgan fingerprint density at radius 2 is 1.96 bits per heavy atom. The molecule has 0 saturated carbocycles. The first-order chi connectivity index (χ1) is 10.7. The van der Waals surface area contributed by atoms with Crippen molar-refractivity contribution in [3.05, 3.63) is 29.8 Å². The lowest BCUT2D eigenvalue weighted by molar-refractivity contribution is 0.0949. The number of hydrogen-bond donors (Lipinski definition) is 2. The van der Waals surface area contributed by atoms with E-state index in [0.29, 0.717) is 24.6 Å². The smallest absolute Gasteiger partial charge is 0.251 e. The van der Waals surface area contributed by atoms with Gasteiger partial charge in [0, 0.05) is 18.7 Å². The Bertz CT molecular complexity index is 613. The van der Waals surface area contributed by atoms with Crippen molar-refractivity contribution in [1.82, 2.24) is 14.9 Å². The number of sulfonamides is 1. The summed E-state index contributed by atoms with van der Waals surface area (Å²) in [5.74, 6) is 0.0765. The van der Waals surface area contributed by atoms with Gasteiger partial charge in [0.15, 0.2) is 0 Å². The molecule has 1 amide bonds. The minimum atomic E-state index is -3.59. The molecule has 0 aromatic heterocycles. The van der Waals surface area contributed by atoms with E-state index < -0.39 is 10.0 Å². The molecule has 0 bridgehead atoms. The average molecular weight is 341 g/mol. The van der Waals surface area contributed by atoms with Crippen molar-refractivity contribution in [1.29, 1.82) is 0 Å². The molecule has 0 atom stereocenters. The van der Waals surface area contributed by atoms with E-state index in [9.17, 15) is 13.2 Å². The maximum atomic E-state index is 12.3. The summed E-state index contributed by atoms with van der Waals surface area (Å²) in [5.41, 5.74) is 0.349. The normalized spacial score (nSPS) is 11.9. The van der Waals surface area contributed by atoms with Gasteiger partial charge in [-0.25, -0.2) is 13.1 Å². The van der Waals surface area contributed by atoms with E-state index in [0.717, 1.165) is 13.0 Å². The van der Waals surface area contributed by atoms with Gasteiger partial charge in [-0.1, -0.05) is 19.9 Å². The first-order valence-corrected chi connectivity index (χ1v) is 9.23. The highest BCUT2D eigenvalue weighted by Crippen LogP contribution is 2.11. The first-order valence-electron chi connectivity index (χ1n) is 7.75. The van der Waals surface area contributed by atoms with Gasteiger partial charge in [-0.05, 0) is 51.2 Å². The Hall–Kier alpha value is -1.44. The van der Waals surface area contributed by atoms with Crippen LogP contribution in [0.15, 0.2) is 29.2 Å². The van der Waals surface area contributed by atoms with Crippen molar-refractivity contribution < 1.29 is 13.2 Å². The summed E-state index contributed by atoms with van der Waals surface area (Å²) in [6, 6.07) is 6.09. The highest BCUT2D eigenvalue weighted by Gasteiger charge is 2.15. The van der Waals surface area contributed by atoms with Crippen LogP contribution in [0.3, 0.4) is 0 Å². The van der Waals surface area contributed by atoms with Crippen LogP contribution in [-0.4, -0.2) is 53.0 Å². The lowest BCUT2D eigenvalue weighted by Crippen LogP contribution is -2.29. The molecule has 0 unspecified atom stereocenters. The summed E-state index contributed by atoms with van der Waals surface area (Å²) >= 11 is 0. The molecule has 0 saturated heterocycles. The lowest BCUT2D eigenvalue weighted by atomic mass is 10.2. The number of amides is 1. The SMILES string of the molecule is CC(C)CNC(=O)c1cccc(S(=O)(=O)NCCCN(C)C)c1. The van der Waals surface area contributed by atoms with E-state index in [2.05, 4.69) is 10.0 Å². The number of carbonyl (C=O) groups is 1. The van der Waals surface area contributed by atoms with Crippen LogP contribution in [0.1, 0.15) is 30.6 Å². The molecule has 2 N–H and O–H groups in total. The second-order valence-electron chi connectivity index (χ2n) is 6.19. The van der Waals surface area contributed by atoms with Crippen LogP contribution in [0.5, 0.6) is 0 Å². The van der Waals surface area contributed by atoms with Crippen molar-refractivity contribution in [2.45, 2.75) is 25.2 Å². The molecule has 6 nitrogen and oxygen atoms in total. The fourth-order valence-corrected chi connectivity index (χ4v) is 3.01. The van der Waals surface area contributed by atoms with Crippen LogP contribution in [0.2, 0.25) is 0 Å². The van der Waals surface area contributed by atoms with Crippen molar-refractivity contribution in [2.75, 3.05) is 33.7 Å². The Kier molecular flexibility index (Phi) is 7.67. The van der Waals surface area contributed by atoms with Gasteiger partial charge in [0.25, 0.3) is 5.91 Å². The van der Waals surface area contributed by atoms with E-state index in [4.69, 9.17) is 0 Å². The Morgan fingerprint density at radius 1 is 1.26 bits per heavy atom. The summed E-state index contributed by atoms with van der Waals surface area (Å²) in [5, 5.41) is 2.78. The predicted molar refractivity (Wildman–Crippen MR) is 92.0 cm³/mol. The van der Waals surface area contributed by atoms with E-state index >= 15 is 0 Å². The molecule has 0 fully saturated rings. The molecule has 0 radical (unpaired) electrons. The summed E-state index contributed by atoms with van der Waals surface area (Å²) in [6.45, 7) is 5.72. The fourth-order valence-electron chi connectivity index (χ4n) is 1.89. The summed E-state index contributed by atoms with van der Waals surface area (Å²) in [7, 11) is 0.282. The summed E-state index contributed by atoms with van der Waals surface area (Å²) < 4.78 is 27.1. The number of nitrogens with one attached hydrogen (secondary N) is 2. The van der Waals surface area contributed by atoms with Crippen LogP contribution in [0.4, 0.5) is 0 Å². The predicted octanol–water partition coefficient (Wildman–Crippen LogP) is 1.30. The minimum Gasteiger partial charge on any atom is -0.352 e. The van der Waals surface area contributed by atoms with Crippen LogP contribution >= 0.6 is 0 Å². The van der Waals surface area contributed by atoms with Crippen molar-refractivity contribution in [3.8, 4) is 0 Å². The molecular formula is C16H27N3O3S. The topological polar surface area (TPSA) is 78.5 Å². The third-order valence-electron chi connectivity index (χ3n) is 3.15. The minimum absolute atomic E-state index is 0.111. The van der Waals surface area contributed by atoms with E-state index in [-0.39, 0.29) is 10.8 Å². The molecule has 0 spiro atoms. The van der Waals surface area contributed by atoms with E-state index in [1.54, 1.807) is 12.1 Å². The molecule has 23 heavy (non-hydrogen) atoms. The molecule has 7 heteroatoms. The van der Waals surface area contributed by atoms with Gasteiger partial charge in [0.1, 0.15) is 0 Å². The largest absolute Gasteiger partial charge is 0.352 e. The van der Waals surface area contributed by atoms with Gasteiger partial charge >= 0.3 is 0 Å². The second kappa shape index (κ2) is 9.00. The van der Waals surface area contributed by atoms with E-state index in [1.807, 2.05) is 32.8 Å². The third-order valence-corrected chi connectivity index (χ3v) is 4.61. The highest BCUT2D eigenvalue weighted by atomic mass is 32.2. The van der Waals surface area contributed by atoms with Gasteiger partial charge in [-0.3, -0.25) is 4.79 Å². The molecule has 0 aliphatic carbocycles. The zero-order valence-corrected chi connectivity index (χ0v) is 15.1. The first kappa shape index (κ1) is 19.6. The quantitative estimate of drug-likeness (QED) is 0.664. The number of rotatable bonds is 9. The van der Waals surface area contributed by atoms with Crippen LogP contribution in [0, 0.1) is 5.92 Å². The van der Waals surface area contributed by atoms with Crippen molar-refractivity contribution in [3.63, 3.8) is 0 Å². The Balaban J connectivity index is 2.72. The maximum Gasteiger partial charge on any atom is 0.251 e. The summed E-state index contributed by atoms with van der Waals surface area (Å²) in [6.07, 6.45) is 0.723. The third kappa shape index (κ3) is 7.11. The van der Waals surface area contributed by atoms with Gasteiger partial charge in [0.2, 0.25) is 10.0 Å². The van der Waals surface area contributed by atoms with Crippen LogP contribution < -0.4 is 10.0 Å². The number of benzene rings is 1. The number of nitrogens with zero attached hydrogens (tertiary/aromatic N) is 1. The standard InChI is InChI=1S/C16H27N3O3S/c1-13(2)12-17-16(20)14-7-5-8-15(11-14)23(21,22)18-9-6-10-19(3)4/h5,7-8,11,13,18H,6,9-10,12H2,1-4H3,(H,17,20). The van der Waals surface area contributed by atoms with Crippen molar-refractivity contribution in [2.24, 2.45) is 5.92 Å². The van der Waals surface area contributed by atoms with Gasteiger partial charge < -0.3 is 10.2 Å². The van der Waals surface area contributed by atoms with Crippen molar-refractivity contribution >= 4 is 15.9 Å². The van der Waals surface area contributed by atoms with Crippen LogP contribution in [-0.2, 0) is 10.0 Å². The fraction of sp³-hybridized carbons (Fsp3) is 0.562. The lowest BCUT2D eigenvalue weighted by Gasteiger charge is -2.11. The van der Waals surface area contributed by atoms with Gasteiger partial charge in [-0.2, -0.15) is 0 Å². The molecular weight excluding hydrogens is 314 g/mol. The molecule has 0 aliphatic heterocycles. The number of carbonyl (C=O) groups excluding carboxylic acids is 1. The molecule has 130 valence electrons. The average Bonchev–Trinajstić information content (AvgIpc) is 2.49. The van der Waals surface area contributed by atoms with Gasteiger partial charge in [0.05, 0.1) is 4.90 Å². The highest BCUT2D eigenvalue weighted by molar-refractivity contribution is 7.89. The monoisotopic (exact) mass is 341 g/mol. The van der Waals surface area contributed by atoms with Gasteiger partial charge in [-0.15, -0.1) is 0 Å². The van der Waals surface area contributed by atoms with Crippen LogP contribution in [0.25, 0.3) is 0 Å². The molecule has 1 aromatic rings. The Morgan fingerprint density at radius 3 is 2.57 bits per heavy atom. The summed E-state index contributed by atoms with van der Waals surface area (Å²) in [4.78, 5) is 14.1. The Labute approximate surface area is 139 Å². The molecule has 1 rings (SSSR count). The molecule has 1 aromatic carbocycles. The zero-order chi connectivity index (χ0) is 17.5. The molecule has 0 aliphatic rings. The molecule has 0 heterocycles. The zero-order valence-electron chi connectivity index (χ0n) is 14.3. The maximum absolute atomic E-state index is 12.3.